The number of nitrogens with zero attached hydrogens (tertiary/aromatic N) is 4. The van der Waals surface area contributed by atoms with Crippen molar-refractivity contribution >= 4 is 44.9 Å². The summed E-state index contributed by atoms with van der Waals surface area (Å²) in [5.74, 6) is 0.579. The van der Waals surface area contributed by atoms with E-state index in [1.807, 2.05) is 30.3 Å². The molecule has 8 heteroatoms. The van der Waals surface area contributed by atoms with Gasteiger partial charge in [0.05, 0.1) is 21.7 Å². The Labute approximate surface area is 188 Å². The smallest absolute Gasteiger partial charge is 0.234 e. The number of thioether (sulfide) groups is 1. The highest BCUT2D eigenvalue weighted by Gasteiger charge is 2.13. The number of amides is 1. The number of rotatable bonds is 5. The molecule has 2 aromatic carbocycles. The highest BCUT2D eigenvalue weighted by Crippen LogP contribution is 2.31. The lowest BCUT2D eigenvalue weighted by atomic mass is 10.2. The van der Waals surface area contributed by atoms with E-state index in [9.17, 15) is 10.1 Å². The van der Waals surface area contributed by atoms with Gasteiger partial charge in [-0.1, -0.05) is 17.8 Å². The van der Waals surface area contributed by atoms with Gasteiger partial charge in [0.1, 0.15) is 27.5 Å². The van der Waals surface area contributed by atoms with E-state index < -0.39 is 0 Å². The molecular formula is C23H19N5OS2. The molecule has 2 aromatic heterocycles. The van der Waals surface area contributed by atoms with E-state index in [-0.39, 0.29) is 11.7 Å². The van der Waals surface area contributed by atoms with Crippen molar-refractivity contribution in [3.63, 3.8) is 0 Å². The minimum atomic E-state index is -0.161. The van der Waals surface area contributed by atoms with Crippen LogP contribution in [0.1, 0.15) is 22.6 Å². The Kier molecular flexibility index (Phi) is 5.98. The molecule has 0 aliphatic carbocycles. The molecule has 1 amide bonds. The number of nitrogens with one attached hydrogen (secondary N) is 1. The zero-order valence-corrected chi connectivity index (χ0v) is 18.9. The number of hydrogen-bond acceptors (Lipinski definition) is 7. The molecule has 0 atom stereocenters. The Hall–Kier alpha value is -3.28. The largest absolute Gasteiger partial charge is 0.325 e. The summed E-state index contributed by atoms with van der Waals surface area (Å²) in [6, 6.07) is 16.0. The van der Waals surface area contributed by atoms with E-state index in [4.69, 9.17) is 4.98 Å². The topological polar surface area (TPSA) is 91.6 Å². The highest BCUT2D eigenvalue weighted by molar-refractivity contribution is 8.00. The fraction of sp³-hybridized carbons (Fsp3) is 0.174. The lowest BCUT2D eigenvalue weighted by Gasteiger charge is -2.08. The zero-order chi connectivity index (χ0) is 22.0. The average molecular weight is 446 g/mol. The Morgan fingerprint density at radius 1 is 1.10 bits per heavy atom. The quantitative estimate of drug-likeness (QED) is 0.332. The van der Waals surface area contributed by atoms with E-state index in [1.165, 1.54) is 17.3 Å². The number of fused-ring (bicyclic) bond motifs is 1. The van der Waals surface area contributed by atoms with Crippen LogP contribution in [0.2, 0.25) is 0 Å². The summed E-state index contributed by atoms with van der Waals surface area (Å²) in [5, 5.41) is 13.7. The van der Waals surface area contributed by atoms with Crippen LogP contribution in [-0.2, 0) is 4.79 Å². The molecule has 0 aliphatic rings. The molecule has 2 heterocycles. The maximum Gasteiger partial charge on any atom is 0.234 e. The fourth-order valence-electron chi connectivity index (χ4n) is 3.10. The van der Waals surface area contributed by atoms with Crippen LogP contribution >= 0.6 is 23.1 Å². The lowest BCUT2D eigenvalue weighted by Crippen LogP contribution is -2.14. The van der Waals surface area contributed by atoms with Crippen LogP contribution < -0.4 is 5.32 Å². The summed E-state index contributed by atoms with van der Waals surface area (Å²) in [6.45, 7) is 5.61. The van der Waals surface area contributed by atoms with Gasteiger partial charge < -0.3 is 5.32 Å². The van der Waals surface area contributed by atoms with Crippen LogP contribution in [0, 0.1) is 32.1 Å². The Morgan fingerprint density at radius 2 is 1.87 bits per heavy atom. The number of thiazole rings is 1. The van der Waals surface area contributed by atoms with E-state index in [0.717, 1.165) is 20.8 Å². The van der Waals surface area contributed by atoms with Gasteiger partial charge in [-0.25, -0.2) is 15.0 Å². The zero-order valence-electron chi connectivity index (χ0n) is 17.3. The van der Waals surface area contributed by atoms with E-state index in [1.54, 1.807) is 25.2 Å². The van der Waals surface area contributed by atoms with Gasteiger partial charge in [-0.3, -0.25) is 4.79 Å². The standard InChI is InChI=1S/C23H19N5OS2/c1-13-4-9-19-20(10-13)31-22(28-19)16-5-7-17(8-6-16)27-21(29)12-30-23-18(11-24)14(2)25-15(3)26-23/h4-10H,12H2,1-3H3,(H,27,29). The normalized spacial score (nSPS) is 10.8. The number of aryl methyl sites for hydroxylation is 3. The van der Waals surface area contributed by atoms with Crippen molar-refractivity contribution in [2.75, 3.05) is 11.1 Å². The number of benzene rings is 2. The van der Waals surface area contributed by atoms with Crippen LogP contribution in [0.4, 0.5) is 5.69 Å². The molecule has 0 spiro atoms. The predicted octanol–water partition coefficient (Wildman–Crippen LogP) is 5.28. The molecule has 31 heavy (non-hydrogen) atoms. The second-order valence-corrected chi connectivity index (χ2v) is 9.05. The number of carbonyl (C=O) groups excluding carboxylic acids is 1. The first kappa shape index (κ1) is 21.0. The van der Waals surface area contributed by atoms with Crippen molar-refractivity contribution in [3.8, 4) is 16.6 Å². The van der Waals surface area contributed by atoms with E-state index >= 15 is 0 Å². The lowest BCUT2D eigenvalue weighted by molar-refractivity contribution is -0.113. The molecule has 4 aromatic rings. The third-order valence-electron chi connectivity index (χ3n) is 4.58. The number of nitriles is 1. The maximum absolute atomic E-state index is 12.4. The van der Waals surface area contributed by atoms with Gasteiger partial charge in [0, 0.05) is 11.3 Å². The summed E-state index contributed by atoms with van der Waals surface area (Å²) >= 11 is 2.89. The molecule has 1 N–H and O–H groups in total. The Balaban J connectivity index is 1.42. The van der Waals surface area contributed by atoms with Gasteiger partial charge in [-0.05, 0) is 62.7 Å². The van der Waals surface area contributed by atoms with Crippen LogP contribution in [0.3, 0.4) is 0 Å². The molecule has 0 radical (unpaired) electrons. The molecular weight excluding hydrogens is 426 g/mol. The van der Waals surface area contributed by atoms with Crippen LogP contribution in [0.5, 0.6) is 0 Å². The number of aromatic nitrogens is 3. The number of carbonyl (C=O) groups is 1. The molecule has 0 aliphatic heterocycles. The van der Waals surface area contributed by atoms with Gasteiger partial charge >= 0.3 is 0 Å². The second-order valence-electron chi connectivity index (χ2n) is 7.05. The van der Waals surface area contributed by atoms with Crippen molar-refractivity contribution in [1.82, 2.24) is 15.0 Å². The minimum absolute atomic E-state index is 0.156. The van der Waals surface area contributed by atoms with Crippen LogP contribution in [0.15, 0.2) is 47.5 Å². The fourth-order valence-corrected chi connectivity index (χ4v) is 5.04. The first-order chi connectivity index (χ1) is 14.9. The minimum Gasteiger partial charge on any atom is -0.325 e. The van der Waals surface area contributed by atoms with E-state index in [2.05, 4.69) is 40.4 Å². The average Bonchev–Trinajstić information content (AvgIpc) is 3.15. The number of anilines is 1. The van der Waals surface area contributed by atoms with Gasteiger partial charge in [-0.15, -0.1) is 11.3 Å². The predicted molar refractivity (Wildman–Crippen MR) is 125 cm³/mol. The van der Waals surface area contributed by atoms with Crippen molar-refractivity contribution in [2.45, 2.75) is 25.8 Å². The van der Waals surface area contributed by atoms with Gasteiger partial charge in [-0.2, -0.15) is 5.26 Å². The molecule has 0 saturated heterocycles. The molecule has 0 fully saturated rings. The second kappa shape index (κ2) is 8.84. The Bertz CT molecular complexity index is 1320. The van der Waals surface area contributed by atoms with Crippen molar-refractivity contribution in [3.05, 3.63) is 65.1 Å². The summed E-state index contributed by atoms with van der Waals surface area (Å²) in [4.78, 5) is 25.6. The SMILES string of the molecule is Cc1ccc2nc(-c3ccc(NC(=O)CSc4nc(C)nc(C)c4C#N)cc3)sc2c1. The molecule has 0 saturated carbocycles. The summed E-state index contributed by atoms with van der Waals surface area (Å²) < 4.78 is 1.16. The third kappa shape index (κ3) is 4.74. The maximum atomic E-state index is 12.4. The Morgan fingerprint density at radius 3 is 2.61 bits per heavy atom. The van der Waals surface area contributed by atoms with Crippen LogP contribution in [0.25, 0.3) is 20.8 Å². The first-order valence-corrected chi connectivity index (χ1v) is 11.4. The highest BCUT2D eigenvalue weighted by atomic mass is 32.2. The number of hydrogen-bond donors (Lipinski definition) is 1. The van der Waals surface area contributed by atoms with Gasteiger partial charge in [0.2, 0.25) is 5.91 Å². The molecule has 154 valence electrons. The molecule has 4 rings (SSSR count). The van der Waals surface area contributed by atoms with Gasteiger partial charge in [0.15, 0.2) is 0 Å². The van der Waals surface area contributed by atoms with Crippen molar-refractivity contribution in [2.24, 2.45) is 0 Å². The molecule has 0 unspecified atom stereocenters. The van der Waals surface area contributed by atoms with Crippen LogP contribution in [-0.4, -0.2) is 26.6 Å². The van der Waals surface area contributed by atoms with Crippen molar-refractivity contribution < 1.29 is 4.79 Å². The first-order valence-electron chi connectivity index (χ1n) is 9.58. The molecule has 0 bridgehead atoms. The summed E-state index contributed by atoms with van der Waals surface area (Å²) in [6.07, 6.45) is 0. The van der Waals surface area contributed by atoms with Gasteiger partial charge in [0.25, 0.3) is 0 Å². The monoisotopic (exact) mass is 445 g/mol. The third-order valence-corrected chi connectivity index (χ3v) is 6.62. The summed E-state index contributed by atoms with van der Waals surface area (Å²) in [7, 11) is 0. The van der Waals surface area contributed by atoms with E-state index in [0.29, 0.717) is 27.8 Å². The van der Waals surface area contributed by atoms with Crippen molar-refractivity contribution in [1.29, 1.82) is 5.26 Å². The summed E-state index contributed by atoms with van der Waals surface area (Å²) in [5.41, 5.74) is 4.97. The molecule has 6 nitrogen and oxygen atoms in total.